The number of allylic oxidation sites excluding steroid dienone is 2. The van der Waals surface area contributed by atoms with Crippen LogP contribution in [0.3, 0.4) is 0 Å². The van der Waals surface area contributed by atoms with E-state index in [1.54, 1.807) is 18.2 Å². The number of phenols is 1. The molecule has 3 N–H and O–H groups in total. The van der Waals surface area contributed by atoms with Gasteiger partial charge in [0, 0.05) is 29.4 Å². The number of fused-ring (bicyclic) bond motifs is 1. The first-order chi connectivity index (χ1) is 15.6. The van der Waals surface area contributed by atoms with Gasteiger partial charge in [0.2, 0.25) is 0 Å². The van der Waals surface area contributed by atoms with Crippen LogP contribution in [0.4, 0.5) is 5.82 Å². The number of ketones is 1. The minimum atomic E-state index is -0.609. The van der Waals surface area contributed by atoms with Gasteiger partial charge in [0.15, 0.2) is 22.4 Å². The highest BCUT2D eigenvalue weighted by Crippen LogP contribution is 2.48. The van der Waals surface area contributed by atoms with Crippen molar-refractivity contribution < 1.29 is 14.6 Å². The molecule has 2 aliphatic rings. The number of ether oxygens (including phenoxy) is 1. The number of anilines is 1. The number of benzene rings is 1. The van der Waals surface area contributed by atoms with Gasteiger partial charge in [0.1, 0.15) is 5.82 Å². The SMILES string of the molecule is COc1ccc(C2C3=C(CC(C)(C)CC3=O)Nc3nc(SCCC(C)C)[nH]c(=O)c32)cc1O. The van der Waals surface area contributed by atoms with Crippen molar-refractivity contribution >= 4 is 23.4 Å². The van der Waals surface area contributed by atoms with E-state index in [0.29, 0.717) is 52.2 Å². The Morgan fingerprint density at radius 3 is 2.70 bits per heavy atom. The number of aromatic nitrogens is 2. The Kier molecular flexibility index (Phi) is 6.31. The Balaban J connectivity index is 1.84. The molecule has 2 aromatic rings. The molecule has 1 aromatic heterocycles. The van der Waals surface area contributed by atoms with Gasteiger partial charge in [-0.25, -0.2) is 4.98 Å². The third kappa shape index (κ3) is 4.67. The zero-order valence-electron chi connectivity index (χ0n) is 19.7. The number of nitrogens with one attached hydrogen (secondary N) is 2. The molecule has 176 valence electrons. The van der Waals surface area contributed by atoms with Gasteiger partial charge in [-0.3, -0.25) is 9.59 Å². The smallest absolute Gasteiger partial charge is 0.257 e. The quantitative estimate of drug-likeness (QED) is 0.411. The normalized spacial score (nSPS) is 19.2. The fourth-order valence-corrected chi connectivity index (χ4v) is 5.68. The first kappa shape index (κ1) is 23.4. The minimum Gasteiger partial charge on any atom is -0.504 e. The predicted octanol–water partition coefficient (Wildman–Crippen LogP) is 4.82. The zero-order chi connectivity index (χ0) is 23.9. The van der Waals surface area contributed by atoms with Gasteiger partial charge in [-0.1, -0.05) is 45.5 Å². The standard InChI is InChI=1S/C25H31N3O4S/c1-13(2)8-9-33-24-27-22-21(23(31)28-24)19(14-6-7-18(32-5)16(29)10-14)20-15(26-22)11-25(3,4)12-17(20)30/h6-7,10,13,19,29H,8-9,11-12H2,1-5H3,(H2,26,27,28,31). The lowest BCUT2D eigenvalue weighted by atomic mass is 9.69. The van der Waals surface area contributed by atoms with E-state index in [9.17, 15) is 14.7 Å². The number of phenolic OH excluding ortho intramolecular Hbond substituents is 1. The van der Waals surface area contributed by atoms with E-state index >= 15 is 0 Å². The molecule has 8 heteroatoms. The van der Waals surface area contributed by atoms with Crippen molar-refractivity contribution in [2.75, 3.05) is 18.2 Å². The molecule has 0 saturated carbocycles. The maximum absolute atomic E-state index is 13.3. The molecule has 1 aromatic carbocycles. The van der Waals surface area contributed by atoms with E-state index in [0.717, 1.165) is 17.9 Å². The second kappa shape index (κ2) is 8.89. The maximum Gasteiger partial charge on any atom is 0.257 e. The van der Waals surface area contributed by atoms with Crippen LogP contribution in [0.5, 0.6) is 11.5 Å². The van der Waals surface area contributed by atoms with E-state index in [1.165, 1.54) is 18.9 Å². The summed E-state index contributed by atoms with van der Waals surface area (Å²) in [6.07, 6.45) is 2.09. The molecule has 1 atom stereocenters. The van der Waals surface area contributed by atoms with Crippen molar-refractivity contribution in [1.82, 2.24) is 9.97 Å². The van der Waals surface area contributed by atoms with Gasteiger partial charge in [0.25, 0.3) is 5.56 Å². The number of methoxy groups -OCH3 is 1. The number of carbonyl (C=O) groups excluding carboxylic acids is 1. The molecule has 33 heavy (non-hydrogen) atoms. The van der Waals surface area contributed by atoms with Crippen LogP contribution in [-0.4, -0.2) is 33.7 Å². The molecule has 0 spiro atoms. The van der Waals surface area contributed by atoms with Crippen LogP contribution in [0, 0.1) is 11.3 Å². The van der Waals surface area contributed by atoms with Crippen LogP contribution in [0.15, 0.2) is 39.4 Å². The summed E-state index contributed by atoms with van der Waals surface area (Å²) in [5.74, 6) is 1.60. The number of aromatic hydroxyl groups is 1. The lowest BCUT2D eigenvalue weighted by Crippen LogP contribution is -2.37. The van der Waals surface area contributed by atoms with Gasteiger partial charge >= 0.3 is 0 Å². The second-order valence-corrected chi connectivity index (χ2v) is 11.1. The van der Waals surface area contributed by atoms with Crippen LogP contribution >= 0.6 is 11.8 Å². The average molecular weight is 470 g/mol. The molecule has 1 unspecified atom stereocenters. The van der Waals surface area contributed by atoms with Crippen LogP contribution < -0.4 is 15.6 Å². The lowest BCUT2D eigenvalue weighted by molar-refractivity contribution is -0.118. The first-order valence-corrected chi connectivity index (χ1v) is 12.3. The van der Waals surface area contributed by atoms with Gasteiger partial charge in [-0.05, 0) is 41.9 Å². The summed E-state index contributed by atoms with van der Waals surface area (Å²) >= 11 is 1.52. The molecular weight excluding hydrogens is 438 g/mol. The van der Waals surface area contributed by atoms with Gasteiger partial charge in [-0.2, -0.15) is 0 Å². The average Bonchev–Trinajstić information content (AvgIpc) is 2.71. The van der Waals surface area contributed by atoms with Gasteiger partial charge < -0.3 is 20.1 Å². The van der Waals surface area contributed by atoms with Crippen molar-refractivity contribution in [3.63, 3.8) is 0 Å². The number of rotatable bonds is 6. The number of Topliss-reactive ketones (excluding diaryl/α,β-unsaturated/α-hetero) is 1. The highest BCUT2D eigenvalue weighted by atomic mass is 32.2. The highest BCUT2D eigenvalue weighted by molar-refractivity contribution is 7.99. The number of hydrogen-bond donors (Lipinski definition) is 3. The van der Waals surface area contributed by atoms with Crippen LogP contribution in [0.1, 0.15) is 64.0 Å². The molecule has 0 radical (unpaired) electrons. The lowest BCUT2D eigenvalue weighted by Gasteiger charge is -2.38. The van der Waals surface area contributed by atoms with Crippen molar-refractivity contribution in [2.24, 2.45) is 11.3 Å². The first-order valence-electron chi connectivity index (χ1n) is 11.3. The monoisotopic (exact) mass is 469 g/mol. The summed E-state index contributed by atoms with van der Waals surface area (Å²) in [6, 6.07) is 5.02. The van der Waals surface area contributed by atoms with Crippen molar-refractivity contribution in [1.29, 1.82) is 0 Å². The summed E-state index contributed by atoms with van der Waals surface area (Å²) in [6.45, 7) is 8.46. The number of carbonyl (C=O) groups is 1. The molecule has 0 amide bonds. The Hall–Kier alpha value is -2.74. The summed E-state index contributed by atoms with van der Waals surface area (Å²) in [5, 5.41) is 14.3. The van der Waals surface area contributed by atoms with Crippen molar-refractivity contribution in [3.05, 3.63) is 50.9 Å². The Bertz CT molecular complexity index is 1180. The highest BCUT2D eigenvalue weighted by Gasteiger charge is 2.42. The molecule has 7 nitrogen and oxygen atoms in total. The maximum atomic E-state index is 13.3. The van der Waals surface area contributed by atoms with Crippen LogP contribution in [-0.2, 0) is 4.79 Å². The topological polar surface area (TPSA) is 104 Å². The minimum absolute atomic E-state index is 0.00879. The zero-order valence-corrected chi connectivity index (χ0v) is 20.6. The van der Waals surface area contributed by atoms with E-state index in [1.807, 2.05) is 0 Å². The molecular formula is C25H31N3O4S. The summed E-state index contributed by atoms with van der Waals surface area (Å²) in [5.41, 5.74) is 1.98. The van der Waals surface area contributed by atoms with E-state index < -0.39 is 5.92 Å². The molecule has 0 bridgehead atoms. The van der Waals surface area contributed by atoms with E-state index in [-0.39, 0.29) is 22.5 Å². The summed E-state index contributed by atoms with van der Waals surface area (Å²) in [4.78, 5) is 34.3. The Morgan fingerprint density at radius 2 is 2.03 bits per heavy atom. The number of hydrogen-bond acceptors (Lipinski definition) is 7. The number of nitrogens with zero attached hydrogens (tertiary/aromatic N) is 1. The van der Waals surface area contributed by atoms with E-state index in [2.05, 4.69) is 38.0 Å². The molecule has 2 heterocycles. The number of aromatic amines is 1. The Labute approximate surface area is 198 Å². The molecule has 0 saturated heterocycles. The Morgan fingerprint density at radius 1 is 1.27 bits per heavy atom. The van der Waals surface area contributed by atoms with Crippen molar-refractivity contribution in [2.45, 2.75) is 58.0 Å². The third-order valence-corrected chi connectivity index (χ3v) is 7.08. The van der Waals surface area contributed by atoms with Gasteiger partial charge in [0.05, 0.1) is 12.7 Å². The van der Waals surface area contributed by atoms with Crippen LogP contribution in [0.25, 0.3) is 0 Å². The van der Waals surface area contributed by atoms with Crippen molar-refractivity contribution in [3.8, 4) is 11.5 Å². The fraction of sp³-hybridized carbons (Fsp3) is 0.480. The molecule has 0 fully saturated rings. The largest absolute Gasteiger partial charge is 0.504 e. The van der Waals surface area contributed by atoms with Crippen LogP contribution in [0.2, 0.25) is 0 Å². The molecule has 1 aliphatic carbocycles. The van der Waals surface area contributed by atoms with E-state index in [4.69, 9.17) is 9.72 Å². The van der Waals surface area contributed by atoms with Gasteiger partial charge in [-0.15, -0.1) is 0 Å². The third-order valence-electron chi connectivity index (χ3n) is 6.17. The summed E-state index contributed by atoms with van der Waals surface area (Å²) < 4.78 is 5.18. The second-order valence-electron chi connectivity index (χ2n) is 9.99. The molecule has 4 rings (SSSR count). The summed E-state index contributed by atoms with van der Waals surface area (Å²) in [7, 11) is 1.48. The number of thioether (sulfide) groups is 1. The predicted molar refractivity (Wildman–Crippen MR) is 130 cm³/mol. The molecule has 1 aliphatic heterocycles. The number of H-pyrrole nitrogens is 1. The fourth-order valence-electron chi connectivity index (χ4n) is 4.57.